The molecule has 0 radical (unpaired) electrons. The molecule has 1 aliphatic carbocycles. The summed E-state index contributed by atoms with van der Waals surface area (Å²) >= 11 is 0. The van der Waals surface area contributed by atoms with Crippen molar-refractivity contribution in [3.63, 3.8) is 0 Å². The number of oxime groups is 1. The molecule has 2 unspecified atom stereocenters. The molecule has 1 saturated carbocycles. The van der Waals surface area contributed by atoms with Crippen LogP contribution in [-0.2, 0) is 4.84 Å². The zero-order valence-corrected chi connectivity index (χ0v) is 18.0. The summed E-state index contributed by atoms with van der Waals surface area (Å²) in [6.07, 6.45) is 8.91. The van der Waals surface area contributed by atoms with Gasteiger partial charge in [-0.05, 0) is 51.6 Å². The molecular weight excluding hydrogens is 350 g/mol. The van der Waals surface area contributed by atoms with E-state index in [1.807, 2.05) is 0 Å². The molecule has 1 heterocycles. The Kier molecular flexibility index (Phi) is 9.06. The molecule has 2 atom stereocenters. The van der Waals surface area contributed by atoms with Crippen molar-refractivity contribution in [3.8, 4) is 0 Å². The second-order valence-electron chi connectivity index (χ2n) is 7.91. The van der Waals surface area contributed by atoms with Crippen molar-refractivity contribution in [1.29, 1.82) is 10.8 Å². The lowest BCUT2D eigenvalue weighted by molar-refractivity contribution is 0.0852. The number of piperazine rings is 1. The Hall–Kier alpha value is -1.79. The van der Waals surface area contributed by atoms with Crippen molar-refractivity contribution >= 4 is 17.1 Å². The standard InChI is InChI=1S/C22H37N5O/c1-5-7-8-18(6-2)19-15-20(24)22(17(3)23)21(16-19)25-28-14-13-27-11-9-26(4)10-12-27/h6-8,19,22-24H,5,9-16H2,1-4H3. The Morgan fingerprint density at radius 3 is 2.57 bits per heavy atom. The number of nitrogens with one attached hydrogen (secondary N) is 2. The predicted molar refractivity (Wildman–Crippen MR) is 118 cm³/mol. The molecule has 0 aromatic carbocycles. The van der Waals surface area contributed by atoms with Crippen LogP contribution < -0.4 is 0 Å². The Balaban J connectivity index is 2.00. The molecule has 156 valence electrons. The van der Waals surface area contributed by atoms with Gasteiger partial charge in [-0.1, -0.05) is 30.3 Å². The fourth-order valence-corrected chi connectivity index (χ4v) is 3.96. The van der Waals surface area contributed by atoms with Crippen LogP contribution in [0.3, 0.4) is 0 Å². The molecule has 2 fully saturated rings. The first-order chi connectivity index (χ1) is 13.5. The van der Waals surface area contributed by atoms with Gasteiger partial charge in [0.1, 0.15) is 6.61 Å². The summed E-state index contributed by atoms with van der Waals surface area (Å²) in [4.78, 5) is 10.4. The summed E-state index contributed by atoms with van der Waals surface area (Å²) in [5, 5.41) is 21.0. The zero-order chi connectivity index (χ0) is 20.5. The maximum atomic E-state index is 8.50. The highest BCUT2D eigenvalue weighted by molar-refractivity contribution is 6.23. The van der Waals surface area contributed by atoms with Gasteiger partial charge >= 0.3 is 0 Å². The Bertz CT molecular complexity index is 629. The van der Waals surface area contributed by atoms with Crippen LogP contribution in [0.1, 0.15) is 40.0 Å². The van der Waals surface area contributed by atoms with E-state index in [4.69, 9.17) is 15.7 Å². The monoisotopic (exact) mass is 387 g/mol. The van der Waals surface area contributed by atoms with Crippen LogP contribution in [0.4, 0.5) is 0 Å². The van der Waals surface area contributed by atoms with Crippen molar-refractivity contribution < 1.29 is 4.84 Å². The van der Waals surface area contributed by atoms with Crippen LogP contribution in [-0.4, -0.2) is 73.3 Å². The molecule has 2 aliphatic rings. The number of nitrogens with zero attached hydrogens (tertiary/aromatic N) is 3. The maximum absolute atomic E-state index is 8.50. The second-order valence-corrected chi connectivity index (χ2v) is 7.91. The van der Waals surface area contributed by atoms with Gasteiger partial charge in [-0.2, -0.15) is 0 Å². The zero-order valence-electron chi connectivity index (χ0n) is 18.0. The van der Waals surface area contributed by atoms with E-state index in [-0.39, 0.29) is 11.8 Å². The van der Waals surface area contributed by atoms with Crippen molar-refractivity contribution in [1.82, 2.24) is 9.80 Å². The van der Waals surface area contributed by atoms with E-state index in [0.29, 0.717) is 24.5 Å². The number of likely N-dealkylation sites (N-methyl/N-ethyl adjacent to an activating group) is 1. The lowest BCUT2D eigenvalue weighted by Crippen LogP contribution is -2.45. The normalized spacial score (nSPS) is 26.9. The van der Waals surface area contributed by atoms with Crippen LogP contribution >= 0.6 is 0 Å². The van der Waals surface area contributed by atoms with E-state index in [2.05, 4.69) is 54.1 Å². The molecule has 0 aromatic rings. The lowest BCUT2D eigenvalue weighted by atomic mass is 9.74. The smallest absolute Gasteiger partial charge is 0.129 e. The molecule has 2 rings (SSSR count). The summed E-state index contributed by atoms with van der Waals surface area (Å²) in [6, 6.07) is 0. The first kappa shape index (κ1) is 22.5. The first-order valence-electron chi connectivity index (χ1n) is 10.5. The fourth-order valence-electron chi connectivity index (χ4n) is 3.96. The van der Waals surface area contributed by atoms with E-state index in [1.54, 1.807) is 6.92 Å². The Morgan fingerprint density at radius 2 is 1.96 bits per heavy atom. The maximum Gasteiger partial charge on any atom is 0.129 e. The van der Waals surface area contributed by atoms with Crippen LogP contribution in [0.2, 0.25) is 0 Å². The largest absolute Gasteiger partial charge is 0.394 e. The Labute approximate surface area is 170 Å². The highest BCUT2D eigenvalue weighted by Gasteiger charge is 2.34. The average molecular weight is 388 g/mol. The van der Waals surface area contributed by atoms with Gasteiger partial charge in [0, 0.05) is 44.1 Å². The minimum absolute atomic E-state index is 0.246. The van der Waals surface area contributed by atoms with E-state index in [9.17, 15) is 0 Å². The fraction of sp³-hybridized carbons (Fsp3) is 0.682. The third-order valence-electron chi connectivity index (χ3n) is 5.66. The molecule has 1 saturated heterocycles. The van der Waals surface area contributed by atoms with Gasteiger partial charge in [-0.15, -0.1) is 0 Å². The minimum Gasteiger partial charge on any atom is -0.394 e. The molecule has 0 aromatic heterocycles. The van der Waals surface area contributed by atoms with Crippen LogP contribution in [0.5, 0.6) is 0 Å². The van der Waals surface area contributed by atoms with Crippen molar-refractivity contribution in [3.05, 3.63) is 23.8 Å². The molecule has 0 bridgehead atoms. The van der Waals surface area contributed by atoms with Gasteiger partial charge in [0.15, 0.2) is 0 Å². The van der Waals surface area contributed by atoms with Crippen LogP contribution in [0.25, 0.3) is 0 Å². The lowest BCUT2D eigenvalue weighted by Gasteiger charge is -2.32. The third kappa shape index (κ3) is 6.38. The van der Waals surface area contributed by atoms with Crippen LogP contribution in [0.15, 0.2) is 29.0 Å². The quantitative estimate of drug-likeness (QED) is 0.289. The molecule has 0 amide bonds. The van der Waals surface area contributed by atoms with Gasteiger partial charge in [-0.3, -0.25) is 4.90 Å². The molecule has 28 heavy (non-hydrogen) atoms. The van der Waals surface area contributed by atoms with Gasteiger partial charge in [-0.25, -0.2) is 0 Å². The van der Waals surface area contributed by atoms with Gasteiger partial charge in [0.05, 0.1) is 11.6 Å². The van der Waals surface area contributed by atoms with E-state index < -0.39 is 0 Å². The summed E-state index contributed by atoms with van der Waals surface area (Å²) in [5.74, 6) is -0.0518. The van der Waals surface area contributed by atoms with Gasteiger partial charge in [0.25, 0.3) is 0 Å². The molecule has 1 aliphatic heterocycles. The molecule has 2 N–H and O–H groups in total. The van der Waals surface area contributed by atoms with Crippen molar-refractivity contribution in [2.75, 3.05) is 46.4 Å². The molecule has 6 nitrogen and oxygen atoms in total. The Morgan fingerprint density at radius 1 is 1.25 bits per heavy atom. The minimum atomic E-state index is -0.298. The SMILES string of the molecule is CC=C(C=CCC)C1CC(=N)C(C(C)=N)C(=NOCCN2CCN(C)CC2)C1. The van der Waals surface area contributed by atoms with Crippen molar-refractivity contribution in [2.24, 2.45) is 17.0 Å². The summed E-state index contributed by atoms with van der Waals surface area (Å²) in [6.45, 7) is 11.7. The van der Waals surface area contributed by atoms with Crippen LogP contribution in [0, 0.1) is 22.7 Å². The van der Waals surface area contributed by atoms with Gasteiger partial charge < -0.3 is 20.6 Å². The third-order valence-corrected chi connectivity index (χ3v) is 5.66. The van der Waals surface area contributed by atoms with Crippen molar-refractivity contribution in [2.45, 2.75) is 40.0 Å². The topological polar surface area (TPSA) is 75.8 Å². The highest BCUT2D eigenvalue weighted by Crippen LogP contribution is 2.31. The van der Waals surface area contributed by atoms with E-state index in [0.717, 1.165) is 51.3 Å². The summed E-state index contributed by atoms with van der Waals surface area (Å²) < 4.78 is 0. The highest BCUT2D eigenvalue weighted by atomic mass is 16.6. The number of rotatable bonds is 8. The number of hydrogen-bond acceptors (Lipinski definition) is 6. The molecule has 6 heteroatoms. The van der Waals surface area contributed by atoms with E-state index in [1.165, 1.54) is 5.57 Å². The predicted octanol–water partition coefficient (Wildman–Crippen LogP) is 3.60. The number of allylic oxidation sites excluding steroid dienone is 4. The van der Waals surface area contributed by atoms with Gasteiger partial charge in [0.2, 0.25) is 0 Å². The molecular formula is C22H37N5O. The second kappa shape index (κ2) is 11.3. The first-order valence-corrected chi connectivity index (χ1v) is 10.5. The summed E-state index contributed by atoms with van der Waals surface area (Å²) in [7, 11) is 2.16. The number of hydrogen-bond donors (Lipinski definition) is 2. The average Bonchev–Trinajstić information content (AvgIpc) is 2.66. The molecule has 0 spiro atoms. The summed E-state index contributed by atoms with van der Waals surface area (Å²) in [5.41, 5.74) is 3.14. The van der Waals surface area contributed by atoms with E-state index >= 15 is 0 Å².